The van der Waals surface area contributed by atoms with Crippen LogP contribution in [0.4, 0.5) is 5.69 Å². The van der Waals surface area contributed by atoms with Gasteiger partial charge in [0, 0.05) is 48.2 Å². The standard InChI is InChI=1S/C20H14N6O/c21-10-14(11-22)19(12-23)25-18-6-3-5-16-17(18)13-26(20(16)27)9-7-15-4-1-2-8-24-15/h1-6,8,25H,7,9,13H2. The van der Waals surface area contributed by atoms with Crippen LogP contribution in [0.1, 0.15) is 21.6 Å². The fourth-order valence-electron chi connectivity index (χ4n) is 2.90. The van der Waals surface area contributed by atoms with Gasteiger partial charge >= 0.3 is 0 Å². The third-order valence-electron chi connectivity index (χ3n) is 4.25. The number of benzene rings is 1. The van der Waals surface area contributed by atoms with E-state index in [9.17, 15) is 10.1 Å². The highest BCUT2D eigenvalue weighted by molar-refractivity contribution is 6.00. The first kappa shape index (κ1) is 17.7. The predicted octanol–water partition coefficient (Wildman–Crippen LogP) is 2.52. The summed E-state index contributed by atoms with van der Waals surface area (Å²) in [6.45, 7) is 0.907. The Morgan fingerprint density at radius 1 is 1.11 bits per heavy atom. The molecule has 0 fully saturated rings. The molecule has 7 heteroatoms. The lowest BCUT2D eigenvalue weighted by Gasteiger charge is -2.15. The van der Waals surface area contributed by atoms with Gasteiger partial charge in [-0.15, -0.1) is 0 Å². The van der Waals surface area contributed by atoms with E-state index in [0.717, 1.165) is 11.3 Å². The van der Waals surface area contributed by atoms with Crippen molar-refractivity contribution in [2.24, 2.45) is 0 Å². The molecule has 0 saturated heterocycles. The number of amides is 1. The molecule has 3 rings (SSSR count). The molecule has 1 aliphatic rings. The minimum atomic E-state index is -0.300. The van der Waals surface area contributed by atoms with Gasteiger partial charge in [0.1, 0.15) is 23.9 Å². The Kier molecular flexibility index (Phi) is 5.12. The maximum absolute atomic E-state index is 12.7. The first-order chi connectivity index (χ1) is 13.2. The smallest absolute Gasteiger partial charge is 0.254 e. The predicted molar refractivity (Wildman–Crippen MR) is 96.6 cm³/mol. The molecule has 1 aliphatic heterocycles. The van der Waals surface area contributed by atoms with E-state index < -0.39 is 0 Å². The average Bonchev–Trinajstić information content (AvgIpc) is 3.04. The summed E-state index contributed by atoms with van der Waals surface area (Å²) < 4.78 is 0. The van der Waals surface area contributed by atoms with E-state index in [2.05, 4.69) is 10.3 Å². The Balaban J connectivity index is 1.82. The summed E-state index contributed by atoms with van der Waals surface area (Å²) in [5.41, 5.74) is 2.31. The second kappa shape index (κ2) is 7.82. The van der Waals surface area contributed by atoms with E-state index >= 15 is 0 Å². The van der Waals surface area contributed by atoms with Crippen LogP contribution >= 0.6 is 0 Å². The molecule has 0 aliphatic carbocycles. The number of hydrogen-bond donors (Lipinski definition) is 1. The van der Waals surface area contributed by atoms with Crippen molar-refractivity contribution in [3.8, 4) is 18.2 Å². The van der Waals surface area contributed by atoms with Crippen molar-refractivity contribution in [3.63, 3.8) is 0 Å². The normalized spacial score (nSPS) is 11.7. The van der Waals surface area contributed by atoms with Crippen LogP contribution in [0.3, 0.4) is 0 Å². The van der Waals surface area contributed by atoms with Crippen LogP contribution in [0.25, 0.3) is 0 Å². The number of nitrogens with zero attached hydrogens (tertiary/aromatic N) is 5. The van der Waals surface area contributed by atoms with Gasteiger partial charge in [0.15, 0.2) is 5.57 Å². The molecule has 1 N–H and O–H groups in total. The van der Waals surface area contributed by atoms with Crippen LogP contribution in [-0.2, 0) is 13.0 Å². The minimum Gasteiger partial charge on any atom is -0.345 e. The van der Waals surface area contributed by atoms with Crippen molar-refractivity contribution in [2.75, 3.05) is 11.9 Å². The maximum Gasteiger partial charge on any atom is 0.254 e. The van der Waals surface area contributed by atoms with Crippen LogP contribution < -0.4 is 5.32 Å². The van der Waals surface area contributed by atoms with Crippen LogP contribution in [0, 0.1) is 34.0 Å². The maximum atomic E-state index is 12.7. The van der Waals surface area contributed by atoms with Crippen molar-refractivity contribution >= 4 is 11.6 Å². The molecule has 2 aromatic rings. The van der Waals surface area contributed by atoms with Gasteiger partial charge in [0.25, 0.3) is 5.91 Å². The lowest BCUT2D eigenvalue weighted by Crippen LogP contribution is -2.26. The number of aromatic nitrogens is 1. The van der Waals surface area contributed by atoms with Crippen molar-refractivity contribution in [1.82, 2.24) is 9.88 Å². The lowest BCUT2D eigenvalue weighted by molar-refractivity contribution is 0.0780. The van der Waals surface area contributed by atoms with E-state index in [4.69, 9.17) is 10.5 Å². The summed E-state index contributed by atoms with van der Waals surface area (Å²) in [5.74, 6) is -0.0899. The highest BCUT2D eigenvalue weighted by Gasteiger charge is 2.29. The van der Waals surface area contributed by atoms with Gasteiger partial charge in [-0.1, -0.05) is 12.1 Å². The van der Waals surface area contributed by atoms with Crippen LogP contribution in [0.15, 0.2) is 53.9 Å². The number of nitriles is 3. The van der Waals surface area contributed by atoms with Crippen molar-refractivity contribution < 1.29 is 4.79 Å². The largest absolute Gasteiger partial charge is 0.345 e. The molecule has 1 amide bonds. The lowest BCUT2D eigenvalue weighted by atomic mass is 10.1. The zero-order valence-electron chi connectivity index (χ0n) is 14.3. The highest BCUT2D eigenvalue weighted by atomic mass is 16.2. The number of hydrogen-bond acceptors (Lipinski definition) is 6. The number of fused-ring (bicyclic) bond motifs is 1. The summed E-state index contributed by atoms with van der Waals surface area (Å²) >= 11 is 0. The Morgan fingerprint density at radius 3 is 2.59 bits per heavy atom. The van der Waals surface area contributed by atoms with Gasteiger partial charge in [0.2, 0.25) is 0 Å². The molecule has 0 bridgehead atoms. The number of carbonyl (C=O) groups is 1. The second-order valence-corrected chi connectivity index (χ2v) is 5.84. The number of anilines is 1. The molecule has 0 spiro atoms. The minimum absolute atomic E-state index is 0.0899. The molecule has 1 aromatic carbocycles. The van der Waals surface area contributed by atoms with E-state index in [1.165, 1.54) is 0 Å². The molecule has 0 unspecified atom stereocenters. The van der Waals surface area contributed by atoms with E-state index in [0.29, 0.717) is 30.8 Å². The topological polar surface area (TPSA) is 117 Å². The first-order valence-corrected chi connectivity index (χ1v) is 8.20. The van der Waals surface area contributed by atoms with Gasteiger partial charge in [-0.05, 0) is 24.3 Å². The Bertz CT molecular complexity index is 1020. The van der Waals surface area contributed by atoms with Crippen LogP contribution in [-0.4, -0.2) is 22.3 Å². The summed E-state index contributed by atoms with van der Waals surface area (Å²) in [6.07, 6.45) is 2.36. The SMILES string of the molecule is N#CC(C#N)=C(C#N)Nc1cccc2c1CN(CCc1ccccn1)C2=O. The third-order valence-corrected chi connectivity index (χ3v) is 4.25. The van der Waals surface area contributed by atoms with Gasteiger partial charge < -0.3 is 10.2 Å². The van der Waals surface area contributed by atoms with Gasteiger partial charge in [-0.3, -0.25) is 9.78 Å². The van der Waals surface area contributed by atoms with Crippen LogP contribution in [0.5, 0.6) is 0 Å². The number of allylic oxidation sites excluding steroid dienone is 2. The Hall–Kier alpha value is -4.15. The number of nitrogens with one attached hydrogen (secondary N) is 1. The Labute approximate surface area is 156 Å². The van der Waals surface area contributed by atoms with E-state index in [1.807, 2.05) is 24.3 Å². The summed E-state index contributed by atoms with van der Waals surface area (Å²) in [6, 6.07) is 16.0. The summed E-state index contributed by atoms with van der Waals surface area (Å²) in [4.78, 5) is 18.7. The van der Waals surface area contributed by atoms with E-state index in [-0.39, 0.29) is 17.2 Å². The molecule has 1 aromatic heterocycles. The number of carbonyl (C=O) groups excluding carboxylic acids is 1. The second-order valence-electron chi connectivity index (χ2n) is 5.84. The zero-order chi connectivity index (χ0) is 19.2. The van der Waals surface area contributed by atoms with E-state index in [1.54, 1.807) is 41.4 Å². The Morgan fingerprint density at radius 2 is 1.93 bits per heavy atom. The fourth-order valence-corrected chi connectivity index (χ4v) is 2.90. The highest BCUT2D eigenvalue weighted by Crippen LogP contribution is 2.30. The fraction of sp³-hybridized carbons (Fsp3) is 0.150. The quantitative estimate of drug-likeness (QED) is 0.825. The monoisotopic (exact) mass is 354 g/mol. The van der Waals surface area contributed by atoms with Crippen molar-refractivity contribution in [1.29, 1.82) is 15.8 Å². The zero-order valence-corrected chi connectivity index (χ0v) is 14.3. The molecular weight excluding hydrogens is 340 g/mol. The van der Waals surface area contributed by atoms with Crippen molar-refractivity contribution in [3.05, 3.63) is 70.7 Å². The molecule has 2 heterocycles. The molecule has 130 valence electrons. The summed E-state index contributed by atoms with van der Waals surface area (Å²) in [7, 11) is 0. The number of rotatable bonds is 5. The molecule has 27 heavy (non-hydrogen) atoms. The molecule has 7 nitrogen and oxygen atoms in total. The number of pyridine rings is 1. The summed E-state index contributed by atoms with van der Waals surface area (Å²) in [5, 5.41) is 30.0. The average molecular weight is 354 g/mol. The third kappa shape index (κ3) is 3.61. The molecule has 0 atom stereocenters. The van der Waals surface area contributed by atoms with Crippen LogP contribution in [0.2, 0.25) is 0 Å². The van der Waals surface area contributed by atoms with Gasteiger partial charge in [0.05, 0.1) is 0 Å². The molecule has 0 radical (unpaired) electrons. The van der Waals surface area contributed by atoms with Crippen molar-refractivity contribution in [2.45, 2.75) is 13.0 Å². The molecular formula is C20H14N6O. The van der Waals surface area contributed by atoms with Gasteiger partial charge in [-0.2, -0.15) is 15.8 Å². The van der Waals surface area contributed by atoms with Gasteiger partial charge in [-0.25, -0.2) is 0 Å². The molecule has 0 saturated carbocycles. The first-order valence-electron chi connectivity index (χ1n) is 8.20.